The molecule has 2 rings (SSSR count). The first-order valence-corrected chi connectivity index (χ1v) is 6.31. The first-order valence-electron chi connectivity index (χ1n) is 5.52. The van der Waals surface area contributed by atoms with Gasteiger partial charge in [0.25, 0.3) is 5.88 Å². The van der Waals surface area contributed by atoms with Crippen molar-refractivity contribution in [2.45, 2.75) is 6.92 Å². The fourth-order valence-electron chi connectivity index (χ4n) is 1.43. The lowest BCUT2D eigenvalue weighted by atomic mass is 10.3. The van der Waals surface area contributed by atoms with E-state index >= 15 is 0 Å². The number of hydrogen-bond acceptors (Lipinski definition) is 3. The molecule has 0 saturated carbocycles. The van der Waals surface area contributed by atoms with Gasteiger partial charge in [0, 0.05) is 10.7 Å². The van der Waals surface area contributed by atoms with Gasteiger partial charge in [0.1, 0.15) is 0 Å². The highest BCUT2D eigenvalue weighted by atomic mass is 79.9. The molecule has 0 fully saturated rings. The number of nitrogens with zero attached hydrogens (tertiary/aromatic N) is 1. The van der Waals surface area contributed by atoms with E-state index in [2.05, 4.69) is 20.9 Å². The Morgan fingerprint density at radius 2 is 2.05 bits per heavy atom. The predicted molar refractivity (Wildman–Crippen MR) is 69.5 cm³/mol. The molecule has 0 radical (unpaired) electrons. The van der Waals surface area contributed by atoms with Crippen molar-refractivity contribution < 1.29 is 18.3 Å². The molecule has 1 aromatic carbocycles. The molecule has 0 aliphatic rings. The average molecular weight is 330 g/mol. The van der Waals surface area contributed by atoms with Gasteiger partial charge >= 0.3 is 0 Å². The maximum Gasteiger partial charge on any atom is 0.262 e. The largest absolute Gasteiger partial charge is 0.488 e. The summed E-state index contributed by atoms with van der Waals surface area (Å²) >= 11 is 3.07. The van der Waals surface area contributed by atoms with Crippen molar-refractivity contribution in [3.05, 3.63) is 46.6 Å². The van der Waals surface area contributed by atoms with Crippen LogP contribution in [0.25, 0.3) is 0 Å². The van der Waals surface area contributed by atoms with Crippen molar-refractivity contribution in [2.24, 2.45) is 0 Å². The second kappa shape index (κ2) is 5.97. The Morgan fingerprint density at radius 3 is 2.79 bits per heavy atom. The summed E-state index contributed by atoms with van der Waals surface area (Å²) in [6.07, 6.45) is 1.48. The maximum atomic E-state index is 13.6. The quantitative estimate of drug-likeness (QED) is 0.783. The molecule has 0 spiro atoms. The highest BCUT2D eigenvalue weighted by Gasteiger charge is 2.15. The molecule has 19 heavy (non-hydrogen) atoms. The van der Waals surface area contributed by atoms with E-state index in [4.69, 9.17) is 9.47 Å². The predicted octanol–water partition coefficient (Wildman–Crippen LogP) is 4.31. The monoisotopic (exact) mass is 329 g/mol. The summed E-state index contributed by atoms with van der Waals surface area (Å²) in [6, 6.07) is 5.64. The van der Waals surface area contributed by atoms with Crippen LogP contribution in [0.4, 0.5) is 8.78 Å². The van der Waals surface area contributed by atoms with Gasteiger partial charge in [0.05, 0.1) is 6.61 Å². The minimum Gasteiger partial charge on any atom is -0.488 e. The van der Waals surface area contributed by atoms with E-state index in [0.29, 0.717) is 16.8 Å². The van der Waals surface area contributed by atoms with E-state index in [-0.39, 0.29) is 11.6 Å². The first kappa shape index (κ1) is 13.7. The van der Waals surface area contributed by atoms with E-state index in [1.165, 1.54) is 12.3 Å². The fourth-order valence-corrected chi connectivity index (χ4v) is 1.84. The highest BCUT2D eigenvalue weighted by Crippen LogP contribution is 2.33. The minimum atomic E-state index is -1.07. The SMILES string of the molecule is CCOc1cccnc1Oc1cc(Br)cc(F)c1F. The molecule has 0 saturated heterocycles. The third kappa shape index (κ3) is 3.20. The van der Waals surface area contributed by atoms with Crippen LogP contribution >= 0.6 is 15.9 Å². The number of benzene rings is 1. The van der Waals surface area contributed by atoms with Crippen molar-refractivity contribution >= 4 is 15.9 Å². The van der Waals surface area contributed by atoms with Crippen molar-refractivity contribution in [2.75, 3.05) is 6.61 Å². The molecule has 0 atom stereocenters. The van der Waals surface area contributed by atoms with Gasteiger partial charge in [-0.15, -0.1) is 0 Å². The Morgan fingerprint density at radius 1 is 1.26 bits per heavy atom. The topological polar surface area (TPSA) is 31.4 Å². The molecular formula is C13H10BrF2NO2. The van der Waals surface area contributed by atoms with Gasteiger partial charge < -0.3 is 9.47 Å². The Bertz CT molecular complexity index is 593. The van der Waals surface area contributed by atoms with E-state index in [0.717, 1.165) is 6.07 Å². The van der Waals surface area contributed by atoms with Gasteiger partial charge in [-0.1, -0.05) is 15.9 Å². The number of aromatic nitrogens is 1. The number of hydrogen-bond donors (Lipinski definition) is 0. The zero-order valence-corrected chi connectivity index (χ0v) is 11.6. The van der Waals surface area contributed by atoms with Crippen molar-refractivity contribution in [3.8, 4) is 17.4 Å². The zero-order valence-electron chi connectivity index (χ0n) is 9.99. The number of rotatable bonds is 4. The lowest BCUT2D eigenvalue weighted by molar-refractivity contribution is 0.311. The summed E-state index contributed by atoms with van der Waals surface area (Å²) in [5.41, 5.74) is 0. The number of ether oxygens (including phenoxy) is 2. The van der Waals surface area contributed by atoms with Crippen LogP contribution in [0.3, 0.4) is 0 Å². The summed E-state index contributed by atoms with van der Waals surface area (Å²) in [4.78, 5) is 3.94. The standard InChI is InChI=1S/C13H10BrF2NO2/c1-2-18-10-4-3-5-17-13(10)19-11-7-8(14)6-9(15)12(11)16/h3-7H,2H2,1H3. The molecule has 0 aliphatic heterocycles. The van der Waals surface area contributed by atoms with Crippen LogP contribution in [-0.2, 0) is 0 Å². The molecule has 0 unspecified atom stereocenters. The Balaban J connectivity index is 2.36. The van der Waals surface area contributed by atoms with E-state index in [1.54, 1.807) is 19.1 Å². The molecule has 0 bridgehead atoms. The molecule has 1 heterocycles. The van der Waals surface area contributed by atoms with Gasteiger partial charge in [-0.05, 0) is 31.2 Å². The zero-order chi connectivity index (χ0) is 13.8. The molecule has 100 valence electrons. The van der Waals surface area contributed by atoms with Gasteiger partial charge in [-0.2, -0.15) is 4.39 Å². The van der Waals surface area contributed by atoms with Crippen LogP contribution in [0.5, 0.6) is 17.4 Å². The molecule has 0 aliphatic carbocycles. The summed E-state index contributed by atoms with van der Waals surface area (Å²) in [5.74, 6) is -1.88. The maximum absolute atomic E-state index is 13.6. The van der Waals surface area contributed by atoms with Gasteiger partial charge in [0.15, 0.2) is 17.3 Å². The minimum absolute atomic E-state index is 0.0840. The summed E-state index contributed by atoms with van der Waals surface area (Å²) in [6.45, 7) is 2.22. The Kier molecular flexibility index (Phi) is 4.31. The van der Waals surface area contributed by atoms with Crippen LogP contribution < -0.4 is 9.47 Å². The van der Waals surface area contributed by atoms with Gasteiger partial charge in [-0.3, -0.25) is 0 Å². The third-order valence-corrected chi connectivity index (χ3v) is 2.66. The van der Waals surface area contributed by atoms with E-state index in [1.807, 2.05) is 0 Å². The van der Waals surface area contributed by atoms with Gasteiger partial charge in [-0.25, -0.2) is 9.37 Å². The van der Waals surface area contributed by atoms with Crippen molar-refractivity contribution in [1.29, 1.82) is 0 Å². The lowest BCUT2D eigenvalue weighted by Crippen LogP contribution is -1.98. The van der Waals surface area contributed by atoms with Crippen LogP contribution in [0.15, 0.2) is 34.9 Å². The Labute approximate surface area is 117 Å². The molecule has 1 aromatic heterocycles. The van der Waals surface area contributed by atoms with E-state index in [9.17, 15) is 8.78 Å². The summed E-state index contributed by atoms with van der Waals surface area (Å²) < 4.78 is 37.8. The van der Waals surface area contributed by atoms with Crippen molar-refractivity contribution in [1.82, 2.24) is 4.98 Å². The summed E-state index contributed by atoms with van der Waals surface area (Å²) in [5, 5.41) is 0. The number of pyridine rings is 1. The van der Waals surface area contributed by atoms with Crippen molar-refractivity contribution in [3.63, 3.8) is 0 Å². The number of halogens is 3. The summed E-state index contributed by atoms with van der Waals surface area (Å²) in [7, 11) is 0. The van der Waals surface area contributed by atoms with Crippen LogP contribution in [0, 0.1) is 11.6 Å². The van der Waals surface area contributed by atoms with Crippen LogP contribution in [0.2, 0.25) is 0 Å². The fraction of sp³-hybridized carbons (Fsp3) is 0.154. The normalized spacial score (nSPS) is 10.3. The molecular weight excluding hydrogens is 320 g/mol. The first-order chi connectivity index (χ1) is 9.11. The highest BCUT2D eigenvalue weighted by molar-refractivity contribution is 9.10. The molecule has 6 heteroatoms. The van der Waals surface area contributed by atoms with Crippen LogP contribution in [-0.4, -0.2) is 11.6 Å². The van der Waals surface area contributed by atoms with E-state index < -0.39 is 11.6 Å². The molecule has 2 aromatic rings. The molecule has 0 amide bonds. The second-order valence-electron chi connectivity index (χ2n) is 3.54. The lowest BCUT2D eigenvalue weighted by Gasteiger charge is -2.11. The molecule has 3 nitrogen and oxygen atoms in total. The van der Waals surface area contributed by atoms with Gasteiger partial charge in [0.2, 0.25) is 5.82 Å². The smallest absolute Gasteiger partial charge is 0.262 e. The Hall–Kier alpha value is -1.69. The second-order valence-corrected chi connectivity index (χ2v) is 4.46. The third-order valence-electron chi connectivity index (χ3n) is 2.20. The molecule has 0 N–H and O–H groups in total. The average Bonchev–Trinajstić information content (AvgIpc) is 2.38. The van der Waals surface area contributed by atoms with Crippen LogP contribution in [0.1, 0.15) is 6.92 Å².